The molecule has 0 bridgehead atoms. The van der Waals surface area contributed by atoms with E-state index in [1.54, 1.807) is 12.1 Å². The van der Waals surface area contributed by atoms with Gasteiger partial charge >= 0.3 is 0 Å². The van der Waals surface area contributed by atoms with E-state index in [9.17, 15) is 4.39 Å². The summed E-state index contributed by atoms with van der Waals surface area (Å²) in [6, 6.07) is 7.01. The molecule has 0 unspecified atom stereocenters. The van der Waals surface area contributed by atoms with Gasteiger partial charge in [-0.15, -0.1) is 0 Å². The molecule has 3 rings (SSSR count). The number of halogens is 1. The van der Waals surface area contributed by atoms with Crippen LogP contribution in [0.3, 0.4) is 0 Å². The number of hydrogen-bond acceptors (Lipinski definition) is 2. The average Bonchev–Trinajstić information content (AvgIpc) is 2.42. The molecule has 1 aliphatic heterocycles. The van der Waals surface area contributed by atoms with E-state index in [1.807, 2.05) is 12.1 Å². The molecule has 1 aromatic rings. The molecule has 0 aromatic heterocycles. The summed E-state index contributed by atoms with van der Waals surface area (Å²) in [5.41, 5.74) is 1.45. The van der Waals surface area contributed by atoms with Crippen LogP contribution in [0.5, 0.6) is 0 Å². The van der Waals surface area contributed by atoms with E-state index in [2.05, 4.69) is 10.2 Å². The van der Waals surface area contributed by atoms with Gasteiger partial charge in [-0.3, -0.25) is 0 Å². The number of hydrogen-bond donors (Lipinski definition) is 1. The van der Waals surface area contributed by atoms with E-state index in [0.717, 1.165) is 19.6 Å². The molecule has 98 valence electrons. The molecule has 1 aromatic carbocycles. The van der Waals surface area contributed by atoms with E-state index in [-0.39, 0.29) is 11.4 Å². The zero-order valence-electron chi connectivity index (χ0n) is 10.8. The van der Waals surface area contributed by atoms with Gasteiger partial charge in [0.1, 0.15) is 5.82 Å². The summed E-state index contributed by atoms with van der Waals surface area (Å²) in [6.07, 6.45) is 6.52. The van der Waals surface area contributed by atoms with E-state index in [1.165, 1.54) is 37.8 Å². The van der Waals surface area contributed by atoms with Crippen molar-refractivity contribution >= 4 is 5.69 Å². The number of rotatable bonds is 1. The van der Waals surface area contributed by atoms with E-state index < -0.39 is 0 Å². The molecule has 0 amide bonds. The van der Waals surface area contributed by atoms with Crippen LogP contribution in [0.2, 0.25) is 0 Å². The van der Waals surface area contributed by atoms with Crippen molar-refractivity contribution in [2.24, 2.45) is 0 Å². The normalized spacial score (nSPS) is 23.3. The highest BCUT2D eigenvalue weighted by Gasteiger charge is 2.39. The van der Waals surface area contributed by atoms with Crippen LogP contribution in [-0.2, 0) is 0 Å². The lowest BCUT2D eigenvalue weighted by molar-refractivity contribution is 0.241. The first-order chi connectivity index (χ1) is 8.80. The smallest absolute Gasteiger partial charge is 0.123 e. The van der Waals surface area contributed by atoms with Gasteiger partial charge in [0.2, 0.25) is 0 Å². The first-order valence-corrected chi connectivity index (χ1v) is 7.04. The molecule has 2 fully saturated rings. The Kier molecular flexibility index (Phi) is 3.25. The Morgan fingerprint density at radius 1 is 1.06 bits per heavy atom. The van der Waals surface area contributed by atoms with Crippen molar-refractivity contribution < 1.29 is 4.39 Å². The van der Waals surface area contributed by atoms with Gasteiger partial charge in [-0.2, -0.15) is 0 Å². The van der Waals surface area contributed by atoms with Crippen molar-refractivity contribution in [2.75, 3.05) is 24.5 Å². The molecule has 1 spiro atoms. The predicted molar refractivity (Wildman–Crippen MR) is 72.4 cm³/mol. The van der Waals surface area contributed by atoms with Crippen molar-refractivity contribution in [1.29, 1.82) is 0 Å². The minimum Gasteiger partial charge on any atom is -0.363 e. The highest BCUT2D eigenvalue weighted by atomic mass is 19.1. The van der Waals surface area contributed by atoms with Crippen LogP contribution in [0, 0.1) is 5.82 Å². The first kappa shape index (κ1) is 12.0. The van der Waals surface area contributed by atoms with E-state index >= 15 is 0 Å². The highest BCUT2D eigenvalue weighted by molar-refractivity contribution is 5.50. The Labute approximate surface area is 108 Å². The molecule has 0 radical (unpaired) electrons. The second-order valence-corrected chi connectivity index (χ2v) is 5.59. The topological polar surface area (TPSA) is 15.3 Å². The van der Waals surface area contributed by atoms with Gasteiger partial charge < -0.3 is 10.2 Å². The van der Waals surface area contributed by atoms with E-state index in [4.69, 9.17) is 0 Å². The zero-order valence-corrected chi connectivity index (χ0v) is 10.8. The molecule has 1 N–H and O–H groups in total. The number of piperazine rings is 1. The quantitative estimate of drug-likeness (QED) is 0.822. The number of nitrogens with one attached hydrogen (secondary N) is 1. The van der Waals surface area contributed by atoms with Crippen molar-refractivity contribution in [2.45, 2.75) is 37.6 Å². The third-order valence-electron chi connectivity index (χ3n) is 4.46. The summed E-state index contributed by atoms with van der Waals surface area (Å²) in [5.74, 6) is -0.147. The SMILES string of the molecule is Fc1ccc(N2CCNCC23CCCCC3)cc1. The minimum atomic E-state index is -0.147. The fraction of sp³-hybridized carbons (Fsp3) is 0.600. The summed E-state index contributed by atoms with van der Waals surface area (Å²) < 4.78 is 13.1. The van der Waals surface area contributed by atoms with Gasteiger partial charge in [-0.05, 0) is 37.1 Å². The molecule has 1 heterocycles. The average molecular weight is 248 g/mol. The van der Waals surface area contributed by atoms with Crippen LogP contribution < -0.4 is 10.2 Å². The lowest BCUT2D eigenvalue weighted by Crippen LogP contribution is -2.62. The largest absolute Gasteiger partial charge is 0.363 e. The van der Waals surface area contributed by atoms with Crippen molar-refractivity contribution in [3.05, 3.63) is 30.1 Å². The fourth-order valence-electron chi connectivity index (χ4n) is 3.53. The predicted octanol–water partition coefficient (Wildman–Crippen LogP) is 2.94. The van der Waals surface area contributed by atoms with Crippen molar-refractivity contribution in [3.8, 4) is 0 Å². The molecule has 1 saturated carbocycles. The minimum absolute atomic E-state index is 0.147. The van der Waals surface area contributed by atoms with Crippen LogP contribution in [0.15, 0.2) is 24.3 Å². The first-order valence-electron chi connectivity index (χ1n) is 7.04. The second-order valence-electron chi connectivity index (χ2n) is 5.59. The molecule has 0 atom stereocenters. The van der Waals surface area contributed by atoms with Crippen molar-refractivity contribution in [1.82, 2.24) is 5.32 Å². The lowest BCUT2D eigenvalue weighted by atomic mass is 9.78. The Morgan fingerprint density at radius 2 is 1.78 bits per heavy atom. The van der Waals surface area contributed by atoms with Gasteiger partial charge in [0.25, 0.3) is 0 Å². The molecular formula is C15H21FN2. The number of nitrogens with zero attached hydrogens (tertiary/aromatic N) is 1. The third kappa shape index (κ3) is 2.12. The monoisotopic (exact) mass is 248 g/mol. The Bertz CT molecular complexity index is 387. The van der Waals surface area contributed by atoms with Crippen molar-refractivity contribution in [3.63, 3.8) is 0 Å². The maximum Gasteiger partial charge on any atom is 0.123 e. The summed E-state index contributed by atoms with van der Waals surface area (Å²) in [6.45, 7) is 3.13. The van der Waals surface area contributed by atoms with Gasteiger partial charge in [-0.25, -0.2) is 4.39 Å². The Morgan fingerprint density at radius 3 is 2.50 bits per heavy atom. The summed E-state index contributed by atoms with van der Waals surface area (Å²) in [7, 11) is 0. The summed E-state index contributed by atoms with van der Waals surface area (Å²) >= 11 is 0. The summed E-state index contributed by atoms with van der Waals surface area (Å²) in [5, 5.41) is 3.54. The fourth-order valence-corrected chi connectivity index (χ4v) is 3.53. The molecule has 2 nitrogen and oxygen atoms in total. The van der Waals surface area contributed by atoms with Crippen LogP contribution in [-0.4, -0.2) is 25.2 Å². The van der Waals surface area contributed by atoms with Gasteiger partial charge in [0, 0.05) is 25.3 Å². The number of anilines is 1. The lowest BCUT2D eigenvalue weighted by Gasteiger charge is -2.51. The third-order valence-corrected chi connectivity index (χ3v) is 4.46. The Hall–Kier alpha value is -1.09. The molecule has 1 aliphatic carbocycles. The maximum absolute atomic E-state index is 13.1. The highest BCUT2D eigenvalue weighted by Crippen LogP contribution is 2.37. The molecule has 1 saturated heterocycles. The Balaban J connectivity index is 1.89. The van der Waals surface area contributed by atoms with Gasteiger partial charge in [0.05, 0.1) is 5.54 Å². The van der Waals surface area contributed by atoms with Gasteiger partial charge in [-0.1, -0.05) is 19.3 Å². The maximum atomic E-state index is 13.1. The second kappa shape index (κ2) is 4.88. The summed E-state index contributed by atoms with van der Waals surface area (Å²) in [4.78, 5) is 2.52. The number of benzene rings is 1. The van der Waals surface area contributed by atoms with Crippen LogP contribution in [0.1, 0.15) is 32.1 Å². The van der Waals surface area contributed by atoms with Crippen LogP contribution >= 0.6 is 0 Å². The van der Waals surface area contributed by atoms with Crippen LogP contribution in [0.4, 0.5) is 10.1 Å². The standard InChI is InChI=1S/C15H21FN2/c16-13-4-6-14(7-5-13)18-11-10-17-12-15(18)8-2-1-3-9-15/h4-7,17H,1-3,8-12H2. The van der Waals surface area contributed by atoms with Gasteiger partial charge in [0.15, 0.2) is 0 Å². The zero-order chi connectivity index (χ0) is 12.4. The molecule has 18 heavy (non-hydrogen) atoms. The molecule has 3 heteroatoms. The van der Waals surface area contributed by atoms with Crippen LogP contribution in [0.25, 0.3) is 0 Å². The van der Waals surface area contributed by atoms with E-state index in [0.29, 0.717) is 0 Å². The molecular weight excluding hydrogens is 227 g/mol. The molecule has 2 aliphatic rings.